The molecule has 1 aromatic heterocycles. The molecule has 0 aliphatic carbocycles. The number of aryl methyl sites for hydroxylation is 1. The summed E-state index contributed by atoms with van der Waals surface area (Å²) in [6.07, 6.45) is 0.739. The molecule has 0 N–H and O–H groups in total. The van der Waals surface area contributed by atoms with Crippen LogP contribution in [0.25, 0.3) is 11.1 Å². The van der Waals surface area contributed by atoms with Crippen LogP contribution >= 0.6 is 0 Å². The van der Waals surface area contributed by atoms with Gasteiger partial charge >= 0.3 is 0 Å². The van der Waals surface area contributed by atoms with Gasteiger partial charge in [-0.3, -0.25) is 0 Å². The van der Waals surface area contributed by atoms with Crippen molar-refractivity contribution < 1.29 is 9.26 Å². The lowest BCUT2D eigenvalue weighted by atomic mass is 10.0. The summed E-state index contributed by atoms with van der Waals surface area (Å²) in [6, 6.07) is 17.3. The Kier molecular flexibility index (Phi) is 4.34. The molecule has 114 valence electrons. The van der Waals surface area contributed by atoms with Gasteiger partial charge in [0.1, 0.15) is 5.75 Å². The van der Waals surface area contributed by atoms with Crippen molar-refractivity contribution in [3.05, 3.63) is 65.8 Å². The molecule has 5 nitrogen and oxygen atoms in total. The molecule has 0 bridgehead atoms. The summed E-state index contributed by atoms with van der Waals surface area (Å²) >= 11 is 0. The minimum Gasteiger partial charge on any atom is -0.484 e. The van der Waals surface area contributed by atoms with Crippen molar-refractivity contribution in [2.45, 2.75) is 20.0 Å². The third-order valence-electron chi connectivity index (χ3n) is 3.39. The molecule has 3 aromatic rings. The molecule has 0 unspecified atom stereocenters. The van der Waals surface area contributed by atoms with Crippen molar-refractivity contribution in [3.8, 4) is 22.9 Å². The summed E-state index contributed by atoms with van der Waals surface area (Å²) in [5.41, 5.74) is 2.77. The summed E-state index contributed by atoms with van der Waals surface area (Å²) in [4.78, 5) is 4.20. The van der Waals surface area contributed by atoms with Gasteiger partial charge in [0.15, 0.2) is 12.4 Å². The second kappa shape index (κ2) is 6.75. The van der Waals surface area contributed by atoms with Crippen LogP contribution in [0.2, 0.25) is 0 Å². The predicted molar refractivity (Wildman–Crippen MR) is 84.6 cm³/mol. The molecule has 0 saturated heterocycles. The Morgan fingerprint density at radius 2 is 1.70 bits per heavy atom. The lowest BCUT2D eigenvalue weighted by Crippen LogP contribution is -1.96. The van der Waals surface area contributed by atoms with E-state index in [1.54, 1.807) is 12.1 Å². The lowest BCUT2D eigenvalue weighted by Gasteiger charge is -2.05. The highest BCUT2D eigenvalue weighted by Crippen LogP contribution is 2.23. The van der Waals surface area contributed by atoms with Crippen LogP contribution in [0.15, 0.2) is 53.1 Å². The highest BCUT2D eigenvalue weighted by atomic mass is 16.5. The largest absolute Gasteiger partial charge is 0.484 e. The van der Waals surface area contributed by atoms with E-state index >= 15 is 0 Å². The van der Waals surface area contributed by atoms with Crippen LogP contribution in [0.5, 0.6) is 5.75 Å². The van der Waals surface area contributed by atoms with Crippen LogP contribution in [-0.4, -0.2) is 10.1 Å². The fourth-order valence-corrected chi connectivity index (χ4v) is 2.12. The van der Waals surface area contributed by atoms with Gasteiger partial charge in [-0.25, -0.2) is 0 Å². The number of nitrogens with zero attached hydrogens (tertiary/aromatic N) is 3. The number of aromatic nitrogens is 2. The molecular weight excluding hydrogens is 290 g/mol. The van der Waals surface area contributed by atoms with Gasteiger partial charge in [-0.15, -0.1) is 0 Å². The lowest BCUT2D eigenvalue weighted by molar-refractivity contribution is 0.242. The zero-order valence-electron chi connectivity index (χ0n) is 12.7. The molecule has 0 aliphatic heterocycles. The van der Waals surface area contributed by atoms with E-state index in [-0.39, 0.29) is 6.61 Å². The molecule has 1 heterocycles. The van der Waals surface area contributed by atoms with Crippen LogP contribution in [0.4, 0.5) is 0 Å². The number of rotatable bonds is 5. The van der Waals surface area contributed by atoms with Crippen molar-refractivity contribution >= 4 is 0 Å². The maximum atomic E-state index is 8.82. The maximum absolute atomic E-state index is 8.82. The van der Waals surface area contributed by atoms with Crippen LogP contribution in [0, 0.1) is 11.3 Å². The third kappa shape index (κ3) is 3.55. The zero-order chi connectivity index (χ0) is 16.1. The van der Waals surface area contributed by atoms with Crippen molar-refractivity contribution in [2.75, 3.05) is 0 Å². The van der Waals surface area contributed by atoms with Gasteiger partial charge in [0.2, 0.25) is 0 Å². The van der Waals surface area contributed by atoms with Crippen molar-refractivity contribution in [1.82, 2.24) is 10.1 Å². The molecule has 0 radical (unpaired) electrons. The summed E-state index contributed by atoms with van der Waals surface area (Å²) in [7, 11) is 0. The normalized spacial score (nSPS) is 10.3. The van der Waals surface area contributed by atoms with E-state index in [2.05, 4.69) is 16.2 Å². The summed E-state index contributed by atoms with van der Waals surface area (Å²) in [5.74, 6) is 1.89. The van der Waals surface area contributed by atoms with Gasteiger partial charge < -0.3 is 9.26 Å². The average molecular weight is 305 g/mol. The first-order valence-electron chi connectivity index (χ1n) is 7.33. The molecular formula is C18H15N3O2. The molecule has 0 saturated carbocycles. The topological polar surface area (TPSA) is 71.9 Å². The number of ether oxygens (including phenoxy) is 1. The first-order chi connectivity index (χ1) is 11.3. The molecule has 0 aliphatic rings. The van der Waals surface area contributed by atoms with Gasteiger partial charge in [-0.1, -0.05) is 36.3 Å². The van der Waals surface area contributed by atoms with Crippen LogP contribution in [-0.2, 0) is 13.0 Å². The van der Waals surface area contributed by atoms with Gasteiger partial charge in [-0.2, -0.15) is 10.2 Å². The standard InChI is InChI=1S/C18H15N3O2/c1-2-17-20-18(23-21-17)12-22-16-9-7-15(8-10-16)14-5-3-13(11-19)4-6-14/h3-10H,2,12H2,1H3. The van der Waals surface area contributed by atoms with Gasteiger partial charge in [-0.05, 0) is 35.4 Å². The van der Waals surface area contributed by atoms with Crippen molar-refractivity contribution in [1.29, 1.82) is 5.26 Å². The number of nitriles is 1. The second-order valence-corrected chi connectivity index (χ2v) is 4.96. The average Bonchev–Trinajstić information content (AvgIpc) is 3.09. The highest BCUT2D eigenvalue weighted by molar-refractivity contribution is 5.64. The van der Waals surface area contributed by atoms with Crippen LogP contribution < -0.4 is 4.74 Å². The summed E-state index contributed by atoms with van der Waals surface area (Å²) in [5, 5.41) is 12.6. The Hall–Kier alpha value is -3.13. The Balaban J connectivity index is 1.65. The fourth-order valence-electron chi connectivity index (χ4n) is 2.12. The Morgan fingerprint density at radius 3 is 2.26 bits per heavy atom. The van der Waals surface area contributed by atoms with Gasteiger partial charge in [0, 0.05) is 6.42 Å². The smallest absolute Gasteiger partial charge is 0.264 e. The molecule has 0 atom stereocenters. The van der Waals surface area contributed by atoms with Crippen molar-refractivity contribution in [3.63, 3.8) is 0 Å². The van der Waals surface area contributed by atoms with E-state index in [4.69, 9.17) is 14.5 Å². The molecule has 0 fully saturated rings. The summed E-state index contributed by atoms with van der Waals surface area (Å²) < 4.78 is 10.7. The second-order valence-electron chi connectivity index (χ2n) is 4.96. The van der Waals surface area contributed by atoms with Crippen LogP contribution in [0.3, 0.4) is 0 Å². The molecule has 0 amide bonds. The highest BCUT2D eigenvalue weighted by Gasteiger charge is 2.05. The SMILES string of the molecule is CCc1noc(COc2ccc(-c3ccc(C#N)cc3)cc2)n1. The maximum Gasteiger partial charge on any atom is 0.264 e. The van der Waals surface area contributed by atoms with E-state index < -0.39 is 0 Å². The number of benzene rings is 2. The zero-order valence-corrected chi connectivity index (χ0v) is 12.7. The van der Waals surface area contributed by atoms with E-state index in [9.17, 15) is 0 Å². The molecule has 5 heteroatoms. The number of hydrogen-bond donors (Lipinski definition) is 0. The third-order valence-corrected chi connectivity index (χ3v) is 3.39. The minimum absolute atomic E-state index is 0.253. The van der Waals surface area contributed by atoms with Gasteiger partial charge in [0.25, 0.3) is 5.89 Å². The van der Waals surface area contributed by atoms with E-state index in [1.165, 1.54) is 0 Å². The Labute approximate surface area is 134 Å². The van der Waals surface area contributed by atoms with Crippen LogP contribution in [0.1, 0.15) is 24.2 Å². The molecule has 0 spiro atoms. The van der Waals surface area contributed by atoms with E-state index in [0.717, 1.165) is 23.3 Å². The first-order valence-corrected chi connectivity index (χ1v) is 7.33. The quantitative estimate of drug-likeness (QED) is 0.718. The van der Waals surface area contributed by atoms with Gasteiger partial charge in [0.05, 0.1) is 11.6 Å². The Bertz CT molecular complexity index is 815. The summed E-state index contributed by atoms with van der Waals surface area (Å²) in [6.45, 7) is 2.22. The first kappa shape index (κ1) is 14.8. The predicted octanol–water partition coefficient (Wildman–Crippen LogP) is 3.75. The molecule has 23 heavy (non-hydrogen) atoms. The monoisotopic (exact) mass is 305 g/mol. The molecule has 3 rings (SSSR count). The minimum atomic E-state index is 0.253. The van der Waals surface area contributed by atoms with E-state index in [0.29, 0.717) is 17.3 Å². The van der Waals surface area contributed by atoms with Crippen molar-refractivity contribution in [2.24, 2.45) is 0 Å². The Morgan fingerprint density at radius 1 is 1.04 bits per heavy atom. The number of hydrogen-bond acceptors (Lipinski definition) is 5. The molecule has 2 aromatic carbocycles. The fraction of sp³-hybridized carbons (Fsp3) is 0.167. The van der Waals surface area contributed by atoms with E-state index in [1.807, 2.05) is 43.3 Å².